The SMILES string of the molecule is CC(NC(=O)c1ccoc1Cl)C12CC3CC(CC(C3)C1)C2. The highest BCUT2D eigenvalue weighted by Gasteiger charge is 2.53. The van der Waals surface area contributed by atoms with Crippen LogP contribution in [0.4, 0.5) is 0 Å². The summed E-state index contributed by atoms with van der Waals surface area (Å²) >= 11 is 5.91. The van der Waals surface area contributed by atoms with Crippen LogP contribution in [0.2, 0.25) is 5.22 Å². The lowest BCUT2D eigenvalue weighted by molar-refractivity contribution is -0.0688. The van der Waals surface area contributed by atoms with Gasteiger partial charge in [0, 0.05) is 6.04 Å². The molecular formula is C17H22ClNO2. The molecule has 1 N–H and O–H groups in total. The average Bonchev–Trinajstić information content (AvgIpc) is 2.83. The lowest BCUT2D eigenvalue weighted by Crippen LogP contribution is -2.55. The van der Waals surface area contributed by atoms with Gasteiger partial charge in [-0.1, -0.05) is 0 Å². The fourth-order valence-electron chi connectivity index (χ4n) is 5.59. The van der Waals surface area contributed by atoms with Crippen molar-refractivity contribution in [2.45, 2.75) is 51.5 Å². The van der Waals surface area contributed by atoms with Crippen LogP contribution in [0.3, 0.4) is 0 Å². The number of hydrogen-bond donors (Lipinski definition) is 1. The molecule has 1 aromatic heterocycles. The summed E-state index contributed by atoms with van der Waals surface area (Å²) in [6.07, 6.45) is 9.61. The minimum atomic E-state index is -0.100. The molecule has 0 radical (unpaired) electrons. The topological polar surface area (TPSA) is 42.2 Å². The number of carbonyl (C=O) groups is 1. The number of rotatable bonds is 3. The Morgan fingerprint density at radius 3 is 2.33 bits per heavy atom. The summed E-state index contributed by atoms with van der Waals surface area (Å²) in [5.74, 6) is 2.59. The highest BCUT2D eigenvalue weighted by molar-refractivity contribution is 6.32. The first kappa shape index (κ1) is 13.7. The van der Waals surface area contributed by atoms with E-state index >= 15 is 0 Å². The van der Waals surface area contributed by atoms with E-state index in [9.17, 15) is 4.79 Å². The van der Waals surface area contributed by atoms with Crippen molar-refractivity contribution in [3.05, 3.63) is 23.1 Å². The van der Waals surface area contributed by atoms with Crippen molar-refractivity contribution in [1.29, 1.82) is 0 Å². The molecular weight excluding hydrogens is 286 g/mol. The molecule has 1 amide bonds. The fourth-order valence-corrected chi connectivity index (χ4v) is 5.79. The standard InChI is InChI=1S/C17H22ClNO2/c1-10(19-16(20)14-2-3-21-15(14)18)17-7-11-4-12(8-17)6-13(5-11)9-17/h2-3,10-13H,4-9H2,1H3,(H,19,20). The Bertz CT molecular complexity index is 530. The van der Waals surface area contributed by atoms with Gasteiger partial charge in [0.05, 0.1) is 11.8 Å². The van der Waals surface area contributed by atoms with Crippen molar-refractivity contribution in [3.8, 4) is 0 Å². The molecule has 3 nitrogen and oxygen atoms in total. The van der Waals surface area contributed by atoms with Crippen molar-refractivity contribution < 1.29 is 9.21 Å². The second kappa shape index (κ2) is 4.77. The molecule has 5 rings (SSSR count). The second-order valence-corrected chi connectivity index (χ2v) is 7.93. The zero-order valence-corrected chi connectivity index (χ0v) is 13.2. The number of furan rings is 1. The van der Waals surface area contributed by atoms with E-state index in [1.807, 2.05) is 0 Å². The second-order valence-electron chi connectivity index (χ2n) is 7.58. The van der Waals surface area contributed by atoms with E-state index in [2.05, 4.69) is 12.2 Å². The van der Waals surface area contributed by atoms with Crippen LogP contribution in [-0.2, 0) is 0 Å². The Balaban J connectivity index is 1.51. The molecule has 21 heavy (non-hydrogen) atoms. The van der Waals surface area contributed by atoms with Crippen LogP contribution >= 0.6 is 11.6 Å². The van der Waals surface area contributed by atoms with Gasteiger partial charge in [0.15, 0.2) is 0 Å². The lowest BCUT2D eigenvalue weighted by atomic mass is 9.48. The fraction of sp³-hybridized carbons (Fsp3) is 0.706. The van der Waals surface area contributed by atoms with Gasteiger partial charge in [-0.2, -0.15) is 0 Å². The minimum absolute atomic E-state index is 0.100. The first-order valence-corrected chi connectivity index (χ1v) is 8.47. The number of nitrogens with one attached hydrogen (secondary N) is 1. The number of carbonyl (C=O) groups excluding carboxylic acids is 1. The average molecular weight is 308 g/mol. The van der Waals surface area contributed by atoms with Gasteiger partial charge in [0.1, 0.15) is 0 Å². The molecule has 4 aliphatic rings. The summed E-state index contributed by atoms with van der Waals surface area (Å²) in [7, 11) is 0. The highest BCUT2D eigenvalue weighted by Crippen LogP contribution is 2.61. The molecule has 1 atom stereocenters. The van der Waals surface area contributed by atoms with Gasteiger partial charge in [-0.15, -0.1) is 0 Å². The molecule has 4 fully saturated rings. The largest absolute Gasteiger partial charge is 0.452 e. The van der Waals surface area contributed by atoms with Crippen LogP contribution in [0.15, 0.2) is 16.7 Å². The van der Waals surface area contributed by atoms with Crippen molar-refractivity contribution in [2.75, 3.05) is 0 Å². The first-order valence-electron chi connectivity index (χ1n) is 8.09. The van der Waals surface area contributed by atoms with E-state index in [1.54, 1.807) is 6.07 Å². The summed E-state index contributed by atoms with van der Waals surface area (Å²) in [6.45, 7) is 2.18. The van der Waals surface area contributed by atoms with Crippen LogP contribution in [0.25, 0.3) is 0 Å². The Kier molecular flexibility index (Phi) is 3.11. The maximum atomic E-state index is 12.4. The van der Waals surface area contributed by atoms with E-state index < -0.39 is 0 Å². The molecule has 4 bridgehead atoms. The smallest absolute Gasteiger partial charge is 0.256 e. The third kappa shape index (κ3) is 2.21. The molecule has 4 aliphatic carbocycles. The van der Waals surface area contributed by atoms with Gasteiger partial charge in [-0.3, -0.25) is 4.79 Å². The zero-order chi connectivity index (χ0) is 14.6. The quantitative estimate of drug-likeness (QED) is 0.906. The van der Waals surface area contributed by atoms with E-state index in [1.165, 1.54) is 44.8 Å². The Hall–Kier alpha value is -0.960. The normalized spacial score (nSPS) is 38.5. The molecule has 1 heterocycles. The molecule has 0 spiro atoms. The van der Waals surface area contributed by atoms with Gasteiger partial charge >= 0.3 is 0 Å². The van der Waals surface area contributed by atoms with Gasteiger partial charge in [-0.25, -0.2) is 0 Å². The number of halogens is 1. The molecule has 0 aliphatic heterocycles. The van der Waals surface area contributed by atoms with Gasteiger partial charge in [0.2, 0.25) is 5.22 Å². The van der Waals surface area contributed by atoms with Gasteiger partial charge in [-0.05, 0) is 86.3 Å². The monoisotopic (exact) mass is 307 g/mol. The van der Waals surface area contributed by atoms with Crippen LogP contribution in [0.1, 0.15) is 55.8 Å². The highest BCUT2D eigenvalue weighted by atomic mass is 35.5. The summed E-state index contributed by atoms with van der Waals surface area (Å²) in [4.78, 5) is 12.4. The van der Waals surface area contributed by atoms with Crippen LogP contribution < -0.4 is 5.32 Å². The van der Waals surface area contributed by atoms with E-state index in [0.717, 1.165) is 17.8 Å². The Morgan fingerprint density at radius 2 is 1.86 bits per heavy atom. The Labute approximate surface area is 130 Å². The van der Waals surface area contributed by atoms with Gasteiger partial charge < -0.3 is 9.73 Å². The number of hydrogen-bond acceptors (Lipinski definition) is 2. The van der Waals surface area contributed by atoms with Crippen LogP contribution in [0.5, 0.6) is 0 Å². The van der Waals surface area contributed by atoms with Crippen molar-refractivity contribution in [1.82, 2.24) is 5.32 Å². The van der Waals surface area contributed by atoms with Crippen molar-refractivity contribution in [2.24, 2.45) is 23.2 Å². The van der Waals surface area contributed by atoms with E-state index in [-0.39, 0.29) is 17.2 Å². The van der Waals surface area contributed by atoms with Crippen molar-refractivity contribution >= 4 is 17.5 Å². The van der Waals surface area contributed by atoms with E-state index in [4.69, 9.17) is 16.0 Å². The molecule has 1 unspecified atom stereocenters. The molecule has 1 aromatic rings. The first-order chi connectivity index (χ1) is 10.1. The molecule has 0 saturated heterocycles. The number of amides is 1. The predicted molar refractivity (Wildman–Crippen MR) is 81.3 cm³/mol. The third-order valence-electron chi connectivity index (χ3n) is 6.21. The lowest BCUT2D eigenvalue weighted by Gasteiger charge is -2.59. The molecule has 114 valence electrons. The summed E-state index contributed by atoms with van der Waals surface area (Å²) in [5, 5.41) is 3.38. The molecule has 4 heteroatoms. The molecule has 4 saturated carbocycles. The van der Waals surface area contributed by atoms with Crippen LogP contribution in [-0.4, -0.2) is 11.9 Å². The van der Waals surface area contributed by atoms with Gasteiger partial charge in [0.25, 0.3) is 5.91 Å². The van der Waals surface area contributed by atoms with Crippen LogP contribution in [0, 0.1) is 23.2 Å². The predicted octanol–water partition coefficient (Wildman–Crippen LogP) is 4.27. The van der Waals surface area contributed by atoms with Crippen molar-refractivity contribution in [3.63, 3.8) is 0 Å². The third-order valence-corrected chi connectivity index (χ3v) is 6.51. The zero-order valence-electron chi connectivity index (χ0n) is 12.4. The maximum Gasteiger partial charge on any atom is 0.256 e. The molecule has 0 aromatic carbocycles. The summed E-state index contributed by atoms with van der Waals surface area (Å²) < 4.78 is 5.02. The van der Waals surface area contributed by atoms with E-state index in [0.29, 0.717) is 11.0 Å². The maximum absolute atomic E-state index is 12.4. The Morgan fingerprint density at radius 1 is 1.29 bits per heavy atom. The minimum Gasteiger partial charge on any atom is -0.452 e. The summed E-state index contributed by atoms with van der Waals surface area (Å²) in [5.41, 5.74) is 0.772. The summed E-state index contributed by atoms with van der Waals surface area (Å²) in [6, 6.07) is 1.86.